The van der Waals surface area contributed by atoms with Gasteiger partial charge in [0.1, 0.15) is 17.8 Å². The minimum Gasteiger partial charge on any atom is -0.352 e. The highest BCUT2D eigenvalue weighted by molar-refractivity contribution is 7.13. The molecule has 1 aliphatic rings. The number of H-pyrrole nitrogens is 1. The van der Waals surface area contributed by atoms with E-state index in [1.165, 1.54) is 4.88 Å². The molecular formula is C24H27Cl3N6OS. The number of aromatic nitrogens is 3. The molecular weight excluding hydrogens is 527 g/mol. The van der Waals surface area contributed by atoms with Gasteiger partial charge in [0.05, 0.1) is 11.3 Å². The van der Waals surface area contributed by atoms with Crippen molar-refractivity contribution in [1.82, 2.24) is 19.9 Å². The molecule has 5 rings (SSSR count). The van der Waals surface area contributed by atoms with Gasteiger partial charge in [-0.2, -0.15) is 0 Å². The number of halogens is 3. The number of aromatic amines is 1. The Morgan fingerprint density at radius 1 is 1.11 bits per heavy atom. The lowest BCUT2D eigenvalue weighted by Gasteiger charge is -2.37. The molecule has 4 aromatic rings. The van der Waals surface area contributed by atoms with Gasteiger partial charge in [-0.25, -0.2) is 9.97 Å². The highest BCUT2D eigenvalue weighted by Gasteiger charge is 2.28. The molecule has 186 valence electrons. The molecule has 1 unspecified atom stereocenters. The van der Waals surface area contributed by atoms with Crippen LogP contribution in [0.1, 0.15) is 5.56 Å². The van der Waals surface area contributed by atoms with E-state index in [-0.39, 0.29) is 36.6 Å². The Morgan fingerprint density at radius 3 is 2.51 bits per heavy atom. The Bertz CT molecular complexity index is 1240. The summed E-state index contributed by atoms with van der Waals surface area (Å²) < 4.78 is 0. The summed E-state index contributed by atoms with van der Waals surface area (Å²) in [5.74, 6) is 0.785. The Hall–Kier alpha value is -2.36. The summed E-state index contributed by atoms with van der Waals surface area (Å²) in [5.41, 5.74) is 8.99. The average Bonchev–Trinajstić information content (AvgIpc) is 3.53. The number of nitrogens with two attached hydrogens (primary N) is 1. The zero-order chi connectivity index (χ0) is 22.8. The third kappa shape index (κ3) is 5.73. The second-order valence-corrected chi connectivity index (χ2v) is 9.56. The molecule has 1 amide bonds. The molecule has 0 radical (unpaired) electrons. The van der Waals surface area contributed by atoms with E-state index in [2.05, 4.69) is 31.3 Å². The van der Waals surface area contributed by atoms with Crippen molar-refractivity contribution in [2.45, 2.75) is 6.42 Å². The van der Waals surface area contributed by atoms with Crippen molar-refractivity contribution in [3.63, 3.8) is 0 Å². The molecule has 1 fully saturated rings. The van der Waals surface area contributed by atoms with Gasteiger partial charge in [-0.3, -0.25) is 4.79 Å². The van der Waals surface area contributed by atoms with Crippen LogP contribution in [0, 0.1) is 5.92 Å². The van der Waals surface area contributed by atoms with Gasteiger partial charge in [-0.05, 0) is 35.6 Å². The molecule has 0 saturated carbocycles. The second-order valence-electron chi connectivity index (χ2n) is 8.18. The van der Waals surface area contributed by atoms with Gasteiger partial charge in [0, 0.05) is 54.4 Å². The number of carbonyl (C=O) groups is 1. The minimum atomic E-state index is -0.237. The molecule has 1 saturated heterocycles. The van der Waals surface area contributed by atoms with Crippen LogP contribution in [0.3, 0.4) is 0 Å². The molecule has 3 aromatic heterocycles. The quantitative estimate of drug-likeness (QED) is 0.363. The summed E-state index contributed by atoms with van der Waals surface area (Å²) in [6.45, 7) is 3.03. The first-order valence-corrected chi connectivity index (χ1v) is 12.2. The Balaban J connectivity index is 0.00000171. The number of amides is 1. The second kappa shape index (κ2) is 12.1. The maximum atomic E-state index is 13.2. The largest absolute Gasteiger partial charge is 0.352 e. The van der Waals surface area contributed by atoms with Crippen LogP contribution in [0.4, 0.5) is 5.82 Å². The van der Waals surface area contributed by atoms with E-state index in [1.807, 2.05) is 41.4 Å². The van der Waals surface area contributed by atoms with Crippen LogP contribution in [0.2, 0.25) is 5.02 Å². The maximum absolute atomic E-state index is 13.2. The molecule has 35 heavy (non-hydrogen) atoms. The predicted molar refractivity (Wildman–Crippen MR) is 148 cm³/mol. The number of nitrogens with one attached hydrogen (secondary N) is 1. The number of benzene rings is 1. The highest BCUT2D eigenvalue weighted by atomic mass is 35.5. The first kappa shape index (κ1) is 27.2. The van der Waals surface area contributed by atoms with Crippen LogP contribution < -0.4 is 10.6 Å². The van der Waals surface area contributed by atoms with Gasteiger partial charge in [0.2, 0.25) is 5.91 Å². The topological polar surface area (TPSA) is 91.1 Å². The fourth-order valence-electron chi connectivity index (χ4n) is 4.39. The van der Waals surface area contributed by atoms with Gasteiger partial charge >= 0.3 is 0 Å². The van der Waals surface area contributed by atoms with Crippen molar-refractivity contribution in [1.29, 1.82) is 0 Å². The number of hydrogen-bond donors (Lipinski definition) is 2. The zero-order valence-corrected chi connectivity index (χ0v) is 22.1. The van der Waals surface area contributed by atoms with E-state index < -0.39 is 0 Å². The van der Waals surface area contributed by atoms with Gasteiger partial charge in [-0.15, -0.1) is 36.2 Å². The molecule has 3 N–H and O–H groups in total. The van der Waals surface area contributed by atoms with Crippen LogP contribution in [0.5, 0.6) is 0 Å². The lowest BCUT2D eigenvalue weighted by Crippen LogP contribution is -2.51. The van der Waals surface area contributed by atoms with E-state index in [0.717, 1.165) is 28.0 Å². The Labute approximate surface area is 225 Å². The van der Waals surface area contributed by atoms with E-state index in [1.54, 1.807) is 17.7 Å². The monoisotopic (exact) mass is 552 g/mol. The Morgan fingerprint density at radius 2 is 1.86 bits per heavy atom. The van der Waals surface area contributed by atoms with E-state index in [4.69, 9.17) is 17.3 Å². The predicted octanol–water partition coefficient (Wildman–Crippen LogP) is 4.65. The third-order valence-electron chi connectivity index (χ3n) is 6.16. The molecule has 1 atom stereocenters. The first-order valence-electron chi connectivity index (χ1n) is 11.0. The third-order valence-corrected chi connectivity index (χ3v) is 7.31. The van der Waals surface area contributed by atoms with Gasteiger partial charge in [0.25, 0.3) is 0 Å². The molecule has 11 heteroatoms. The van der Waals surface area contributed by atoms with Gasteiger partial charge < -0.3 is 20.5 Å². The molecule has 1 aromatic carbocycles. The fourth-order valence-corrected chi connectivity index (χ4v) is 5.26. The number of rotatable bonds is 6. The highest BCUT2D eigenvalue weighted by Crippen LogP contribution is 2.36. The molecule has 1 aliphatic heterocycles. The SMILES string of the molecule is Cl.Cl.NCC(Cc1ccc(Cl)cc1)C(=O)N1CCN(c2ncnc3[nH]cc(-c4cccs4)c23)CC1. The summed E-state index contributed by atoms with van der Waals surface area (Å²) in [6, 6.07) is 11.8. The number of carbonyl (C=O) groups excluding carboxylic acids is 1. The molecule has 0 aliphatic carbocycles. The van der Waals surface area contributed by atoms with Crippen molar-refractivity contribution >= 4 is 70.5 Å². The summed E-state index contributed by atoms with van der Waals surface area (Å²) in [6.07, 6.45) is 4.21. The normalized spacial score (nSPS) is 14.3. The van der Waals surface area contributed by atoms with Gasteiger partial charge in [0.15, 0.2) is 0 Å². The number of anilines is 1. The number of fused-ring (bicyclic) bond motifs is 1. The van der Waals surface area contributed by atoms with Crippen molar-refractivity contribution < 1.29 is 4.79 Å². The lowest BCUT2D eigenvalue weighted by molar-refractivity contribution is -0.135. The van der Waals surface area contributed by atoms with Crippen molar-refractivity contribution in [3.05, 3.63) is 64.9 Å². The summed E-state index contributed by atoms with van der Waals surface area (Å²) >= 11 is 7.68. The van der Waals surface area contributed by atoms with E-state index in [9.17, 15) is 4.79 Å². The van der Waals surface area contributed by atoms with E-state index >= 15 is 0 Å². The summed E-state index contributed by atoms with van der Waals surface area (Å²) in [7, 11) is 0. The van der Waals surface area contributed by atoms with Crippen molar-refractivity contribution in [3.8, 4) is 10.4 Å². The zero-order valence-electron chi connectivity index (χ0n) is 18.9. The van der Waals surface area contributed by atoms with Crippen LogP contribution in [-0.2, 0) is 11.2 Å². The summed E-state index contributed by atoms with van der Waals surface area (Å²) in [4.78, 5) is 30.9. The van der Waals surface area contributed by atoms with Crippen LogP contribution >= 0.6 is 47.8 Å². The summed E-state index contributed by atoms with van der Waals surface area (Å²) in [5, 5.41) is 3.79. The molecule has 4 heterocycles. The number of hydrogen-bond acceptors (Lipinski definition) is 6. The first-order chi connectivity index (χ1) is 16.1. The number of thiophene rings is 1. The molecule has 0 bridgehead atoms. The van der Waals surface area contributed by atoms with Crippen molar-refractivity contribution in [2.75, 3.05) is 37.6 Å². The number of piperazine rings is 1. The van der Waals surface area contributed by atoms with Crippen LogP contribution in [0.15, 0.2) is 54.3 Å². The Kier molecular flexibility index (Phi) is 9.38. The maximum Gasteiger partial charge on any atom is 0.227 e. The van der Waals surface area contributed by atoms with Crippen LogP contribution in [0.25, 0.3) is 21.5 Å². The van der Waals surface area contributed by atoms with Crippen LogP contribution in [-0.4, -0.2) is 58.5 Å². The fraction of sp³-hybridized carbons (Fsp3) is 0.292. The average molecular weight is 554 g/mol. The standard InChI is InChI=1S/C24H25ClN6OS.2ClH/c25-18-5-3-16(4-6-18)12-17(13-26)24(32)31-9-7-30(8-10-31)23-21-19(20-2-1-11-33-20)14-27-22(21)28-15-29-23;;/h1-6,11,14-15,17H,7-10,12-13,26H2,(H,27,28,29);2*1H. The molecule has 0 spiro atoms. The lowest BCUT2D eigenvalue weighted by atomic mass is 9.97. The smallest absolute Gasteiger partial charge is 0.227 e. The molecule has 7 nitrogen and oxygen atoms in total. The van der Waals surface area contributed by atoms with Gasteiger partial charge in [-0.1, -0.05) is 29.8 Å². The minimum absolute atomic E-state index is 0. The van der Waals surface area contributed by atoms with Crippen molar-refractivity contribution in [2.24, 2.45) is 11.7 Å². The number of nitrogens with zero attached hydrogens (tertiary/aromatic N) is 4. The van der Waals surface area contributed by atoms with E-state index in [0.29, 0.717) is 44.2 Å².